The first-order valence-electron chi connectivity index (χ1n) is 9.29. The monoisotopic (exact) mass is 339 g/mol. The molecule has 3 nitrogen and oxygen atoms in total. The van der Waals surface area contributed by atoms with Crippen LogP contribution in [0.25, 0.3) is 11.1 Å². The van der Waals surface area contributed by atoms with Crippen molar-refractivity contribution < 1.29 is 9.84 Å². The number of ether oxygens (including phenoxy) is 1. The van der Waals surface area contributed by atoms with E-state index in [9.17, 15) is 5.11 Å². The number of piperidine rings is 1. The zero-order chi connectivity index (χ0) is 17.6. The molecule has 3 rings (SSSR count). The van der Waals surface area contributed by atoms with Crippen molar-refractivity contribution in [1.29, 1.82) is 0 Å². The molecular formula is C22H29NO2. The highest BCUT2D eigenvalue weighted by Gasteiger charge is 2.23. The van der Waals surface area contributed by atoms with Crippen LogP contribution in [-0.2, 0) is 0 Å². The SMILES string of the molecule is C[C@@H]1C[C@H](C)CN(C[C@@H](O)COc2ccccc2-c2ccccc2)C1. The molecule has 0 unspecified atom stereocenters. The van der Waals surface area contributed by atoms with Crippen molar-refractivity contribution in [3.63, 3.8) is 0 Å². The Balaban J connectivity index is 1.58. The quantitative estimate of drug-likeness (QED) is 0.861. The fourth-order valence-corrected chi connectivity index (χ4v) is 3.93. The fraction of sp³-hybridized carbons (Fsp3) is 0.455. The lowest BCUT2D eigenvalue weighted by Gasteiger charge is -2.35. The van der Waals surface area contributed by atoms with Crippen LogP contribution in [0.4, 0.5) is 0 Å². The molecule has 1 heterocycles. The summed E-state index contributed by atoms with van der Waals surface area (Å²) in [4.78, 5) is 2.37. The van der Waals surface area contributed by atoms with E-state index in [4.69, 9.17) is 4.74 Å². The molecule has 1 N–H and O–H groups in total. The lowest BCUT2D eigenvalue weighted by molar-refractivity contribution is 0.0430. The van der Waals surface area contributed by atoms with Gasteiger partial charge in [-0.2, -0.15) is 0 Å². The van der Waals surface area contributed by atoms with Crippen molar-refractivity contribution in [1.82, 2.24) is 4.90 Å². The Hall–Kier alpha value is -1.84. The van der Waals surface area contributed by atoms with Gasteiger partial charge >= 0.3 is 0 Å². The van der Waals surface area contributed by atoms with Crippen LogP contribution in [0.3, 0.4) is 0 Å². The summed E-state index contributed by atoms with van der Waals surface area (Å²) in [6, 6.07) is 18.2. The molecule has 1 saturated heterocycles. The summed E-state index contributed by atoms with van der Waals surface area (Å²) in [6.07, 6.45) is 0.814. The van der Waals surface area contributed by atoms with Crippen LogP contribution in [0.2, 0.25) is 0 Å². The summed E-state index contributed by atoms with van der Waals surface area (Å²) in [5, 5.41) is 10.4. The number of benzene rings is 2. The predicted octanol–water partition coefficient (Wildman–Crippen LogP) is 4.07. The number of nitrogens with zero attached hydrogens (tertiary/aromatic N) is 1. The molecule has 2 aromatic rings. The molecule has 0 radical (unpaired) electrons. The number of rotatable bonds is 6. The van der Waals surface area contributed by atoms with Crippen LogP contribution < -0.4 is 4.74 Å². The summed E-state index contributed by atoms with van der Waals surface area (Å²) in [6.45, 7) is 7.73. The van der Waals surface area contributed by atoms with Crippen LogP contribution in [0.15, 0.2) is 54.6 Å². The fourth-order valence-electron chi connectivity index (χ4n) is 3.93. The molecule has 1 fully saturated rings. The first kappa shape index (κ1) is 18.0. The van der Waals surface area contributed by atoms with Gasteiger partial charge in [-0.1, -0.05) is 62.4 Å². The molecule has 0 amide bonds. The molecule has 3 atom stereocenters. The predicted molar refractivity (Wildman–Crippen MR) is 103 cm³/mol. The second kappa shape index (κ2) is 8.50. The number of hydrogen-bond acceptors (Lipinski definition) is 3. The molecule has 3 heteroatoms. The lowest BCUT2D eigenvalue weighted by Crippen LogP contribution is -2.44. The van der Waals surface area contributed by atoms with Crippen LogP contribution in [0.5, 0.6) is 5.75 Å². The van der Waals surface area contributed by atoms with Gasteiger partial charge in [0.05, 0.1) is 0 Å². The minimum atomic E-state index is -0.471. The average molecular weight is 339 g/mol. The first-order valence-corrected chi connectivity index (χ1v) is 9.29. The second-order valence-electron chi connectivity index (χ2n) is 7.49. The van der Waals surface area contributed by atoms with E-state index in [0.717, 1.165) is 30.0 Å². The van der Waals surface area contributed by atoms with E-state index < -0.39 is 6.10 Å². The molecule has 0 bridgehead atoms. The van der Waals surface area contributed by atoms with E-state index in [2.05, 4.69) is 36.9 Å². The highest BCUT2D eigenvalue weighted by molar-refractivity contribution is 5.70. The number of likely N-dealkylation sites (tertiary alicyclic amines) is 1. The first-order chi connectivity index (χ1) is 12.1. The zero-order valence-corrected chi connectivity index (χ0v) is 15.3. The van der Waals surface area contributed by atoms with Gasteiger partial charge in [-0.25, -0.2) is 0 Å². The van der Waals surface area contributed by atoms with Crippen LogP contribution in [0, 0.1) is 11.8 Å². The Kier molecular flexibility index (Phi) is 6.11. The van der Waals surface area contributed by atoms with Gasteiger partial charge in [-0.3, -0.25) is 0 Å². The Morgan fingerprint density at radius 2 is 1.64 bits per heavy atom. The van der Waals surface area contributed by atoms with E-state index in [0.29, 0.717) is 25.0 Å². The molecule has 0 aliphatic carbocycles. The highest BCUT2D eigenvalue weighted by atomic mass is 16.5. The van der Waals surface area contributed by atoms with Gasteiger partial charge in [0.1, 0.15) is 18.5 Å². The van der Waals surface area contributed by atoms with Crippen LogP contribution in [0.1, 0.15) is 20.3 Å². The molecule has 0 aromatic heterocycles. The van der Waals surface area contributed by atoms with E-state index in [1.807, 2.05) is 36.4 Å². The smallest absolute Gasteiger partial charge is 0.127 e. The zero-order valence-electron chi connectivity index (χ0n) is 15.3. The van der Waals surface area contributed by atoms with Crippen LogP contribution in [-0.4, -0.2) is 42.4 Å². The number of β-amino-alcohol motifs (C(OH)–C–C–N with tert-alkyl or cyclic N) is 1. The Labute approximate surface area is 151 Å². The third-order valence-electron chi connectivity index (χ3n) is 4.82. The summed E-state index contributed by atoms with van der Waals surface area (Å²) < 4.78 is 5.97. The largest absolute Gasteiger partial charge is 0.490 e. The standard InChI is InChI=1S/C22H29NO2/c1-17-12-18(2)14-23(13-17)15-20(24)16-25-22-11-7-6-10-21(22)19-8-4-3-5-9-19/h3-11,17-18,20,24H,12-16H2,1-2H3/t17-,18+,20-/m1/s1. The van der Waals surface area contributed by atoms with Crippen molar-refractivity contribution in [3.05, 3.63) is 54.6 Å². The van der Waals surface area contributed by atoms with Gasteiger partial charge < -0.3 is 14.7 Å². The summed E-state index contributed by atoms with van der Waals surface area (Å²) >= 11 is 0. The number of para-hydroxylation sites is 1. The van der Waals surface area contributed by atoms with Gasteiger partial charge in [0.25, 0.3) is 0 Å². The number of hydrogen-bond donors (Lipinski definition) is 1. The molecule has 2 aromatic carbocycles. The van der Waals surface area contributed by atoms with Crippen molar-refractivity contribution >= 4 is 0 Å². The van der Waals surface area contributed by atoms with Crippen molar-refractivity contribution in [2.24, 2.45) is 11.8 Å². The Morgan fingerprint density at radius 1 is 1.00 bits per heavy atom. The third-order valence-corrected chi connectivity index (χ3v) is 4.82. The topological polar surface area (TPSA) is 32.7 Å². The molecule has 1 aliphatic heterocycles. The van der Waals surface area contributed by atoms with Gasteiger partial charge in [-0.05, 0) is 29.9 Å². The lowest BCUT2D eigenvalue weighted by atomic mass is 9.92. The molecule has 0 saturated carbocycles. The van der Waals surface area contributed by atoms with Crippen molar-refractivity contribution in [2.75, 3.05) is 26.2 Å². The Morgan fingerprint density at radius 3 is 2.36 bits per heavy atom. The van der Waals surface area contributed by atoms with E-state index in [-0.39, 0.29) is 0 Å². The van der Waals surface area contributed by atoms with Gasteiger partial charge in [0, 0.05) is 25.2 Å². The normalized spacial score (nSPS) is 22.5. The summed E-state index contributed by atoms with van der Waals surface area (Å²) in [5.41, 5.74) is 2.20. The van der Waals surface area contributed by atoms with Crippen molar-refractivity contribution in [3.8, 4) is 16.9 Å². The van der Waals surface area contributed by atoms with Gasteiger partial charge in [0.2, 0.25) is 0 Å². The summed E-state index contributed by atoms with van der Waals surface area (Å²) in [7, 11) is 0. The van der Waals surface area contributed by atoms with E-state index >= 15 is 0 Å². The maximum Gasteiger partial charge on any atom is 0.127 e. The Bertz CT molecular complexity index is 648. The van der Waals surface area contributed by atoms with E-state index in [1.54, 1.807) is 0 Å². The minimum Gasteiger partial charge on any atom is -0.490 e. The molecule has 1 aliphatic rings. The van der Waals surface area contributed by atoms with Gasteiger partial charge in [-0.15, -0.1) is 0 Å². The maximum absolute atomic E-state index is 10.4. The molecular weight excluding hydrogens is 310 g/mol. The van der Waals surface area contributed by atoms with Crippen molar-refractivity contribution in [2.45, 2.75) is 26.4 Å². The second-order valence-corrected chi connectivity index (χ2v) is 7.49. The minimum absolute atomic E-state index is 0.323. The average Bonchev–Trinajstić information content (AvgIpc) is 2.60. The molecule has 25 heavy (non-hydrogen) atoms. The third kappa shape index (κ3) is 5.07. The summed E-state index contributed by atoms with van der Waals surface area (Å²) in [5.74, 6) is 2.24. The maximum atomic E-state index is 10.4. The highest BCUT2D eigenvalue weighted by Crippen LogP contribution is 2.29. The number of aliphatic hydroxyl groups is 1. The molecule has 0 spiro atoms. The van der Waals surface area contributed by atoms with E-state index in [1.165, 1.54) is 6.42 Å². The number of aliphatic hydroxyl groups excluding tert-OH is 1. The van der Waals surface area contributed by atoms with Gasteiger partial charge in [0.15, 0.2) is 0 Å². The molecule has 134 valence electrons. The van der Waals surface area contributed by atoms with Crippen LogP contribution >= 0.6 is 0 Å².